The lowest BCUT2D eigenvalue weighted by Gasteiger charge is -2.13. The first-order valence-corrected chi connectivity index (χ1v) is 8.77. The van der Waals surface area contributed by atoms with Gasteiger partial charge in [0, 0.05) is 4.88 Å². The number of aromatic nitrogens is 2. The third-order valence-corrected chi connectivity index (χ3v) is 5.28. The topological polar surface area (TPSA) is 72.0 Å². The lowest BCUT2D eigenvalue weighted by atomic mass is 10.1. The molecular weight excluding hydrogens is 381 g/mol. The van der Waals surface area contributed by atoms with Gasteiger partial charge in [-0.1, -0.05) is 0 Å². The number of thiophene rings is 1. The minimum absolute atomic E-state index is 0.0268. The van der Waals surface area contributed by atoms with Gasteiger partial charge in [-0.15, -0.1) is 11.3 Å². The lowest BCUT2D eigenvalue weighted by Crippen LogP contribution is -2.17. The average Bonchev–Trinajstić information content (AvgIpc) is 2.88. The largest absolute Gasteiger partial charge is 0.451 e. The van der Waals surface area contributed by atoms with E-state index in [1.807, 2.05) is 13.8 Å². The Morgan fingerprint density at radius 1 is 1.22 bits per heavy atom. The zero-order valence-electron chi connectivity index (χ0n) is 14.6. The summed E-state index contributed by atoms with van der Waals surface area (Å²) in [6, 6.07) is 3.71. The van der Waals surface area contributed by atoms with E-state index in [0.717, 1.165) is 34.7 Å². The molecule has 3 rings (SSSR count). The predicted octanol–water partition coefficient (Wildman–Crippen LogP) is 4.54. The monoisotopic (exact) mass is 396 g/mol. The van der Waals surface area contributed by atoms with E-state index < -0.39 is 23.8 Å². The van der Waals surface area contributed by atoms with Gasteiger partial charge in [0.1, 0.15) is 4.83 Å². The molecule has 1 N–H and O–H groups in total. The van der Waals surface area contributed by atoms with E-state index >= 15 is 0 Å². The lowest BCUT2D eigenvalue weighted by molar-refractivity contribution is -0.137. The Balaban J connectivity index is 1.82. The van der Waals surface area contributed by atoms with Gasteiger partial charge in [0.05, 0.1) is 16.5 Å². The van der Waals surface area contributed by atoms with E-state index in [4.69, 9.17) is 4.74 Å². The van der Waals surface area contributed by atoms with Gasteiger partial charge in [-0.3, -0.25) is 4.79 Å². The summed E-state index contributed by atoms with van der Waals surface area (Å²) in [7, 11) is 0. The molecule has 0 amide bonds. The normalized spacial score (nSPS) is 13.0. The summed E-state index contributed by atoms with van der Waals surface area (Å²) in [6.07, 6.45) is -5.36. The minimum atomic E-state index is -4.48. The second-order valence-corrected chi connectivity index (χ2v) is 7.24. The van der Waals surface area contributed by atoms with E-state index in [0.29, 0.717) is 10.2 Å². The predicted molar refractivity (Wildman–Crippen MR) is 95.0 cm³/mol. The highest BCUT2D eigenvalue weighted by atomic mass is 32.1. The van der Waals surface area contributed by atoms with E-state index in [1.165, 1.54) is 18.3 Å². The fourth-order valence-corrected chi connectivity index (χ4v) is 3.58. The minimum Gasteiger partial charge on any atom is -0.451 e. The first-order valence-electron chi connectivity index (χ1n) is 7.96. The highest BCUT2D eigenvalue weighted by Crippen LogP contribution is 2.30. The van der Waals surface area contributed by atoms with Crippen LogP contribution in [0.5, 0.6) is 0 Å². The van der Waals surface area contributed by atoms with Crippen molar-refractivity contribution in [2.75, 3.05) is 0 Å². The fraction of sp³-hybridized carbons (Fsp3) is 0.278. The van der Waals surface area contributed by atoms with Gasteiger partial charge < -0.3 is 9.72 Å². The summed E-state index contributed by atoms with van der Waals surface area (Å²) in [5, 5.41) is 0.502. The number of halogens is 3. The fourth-order valence-electron chi connectivity index (χ4n) is 2.54. The molecule has 0 aliphatic heterocycles. The molecule has 9 heteroatoms. The maximum atomic E-state index is 12.6. The van der Waals surface area contributed by atoms with Crippen molar-refractivity contribution in [3.8, 4) is 0 Å². The number of ether oxygens (including phenoxy) is 1. The smallest absolute Gasteiger partial charge is 0.416 e. The molecule has 27 heavy (non-hydrogen) atoms. The van der Waals surface area contributed by atoms with Gasteiger partial charge in [0.2, 0.25) is 0 Å². The van der Waals surface area contributed by atoms with Gasteiger partial charge in [-0.05, 0) is 50.6 Å². The number of carbonyl (C=O) groups excluding carboxylic acids is 1. The number of rotatable bonds is 3. The molecule has 142 valence electrons. The molecule has 0 saturated carbocycles. The van der Waals surface area contributed by atoms with Gasteiger partial charge in [-0.25, -0.2) is 9.78 Å². The van der Waals surface area contributed by atoms with E-state index in [2.05, 4.69) is 9.97 Å². The number of aromatic amines is 1. The first-order chi connectivity index (χ1) is 12.6. The second-order valence-electron chi connectivity index (χ2n) is 6.04. The molecule has 0 bridgehead atoms. The average molecular weight is 396 g/mol. The highest BCUT2D eigenvalue weighted by molar-refractivity contribution is 7.18. The molecule has 0 aliphatic carbocycles. The third-order valence-electron chi connectivity index (χ3n) is 4.17. The van der Waals surface area contributed by atoms with Crippen molar-refractivity contribution in [3.05, 3.63) is 62.0 Å². The molecule has 0 aliphatic rings. The molecule has 3 aromatic rings. The standard InChI is InChI=1S/C18H15F3N2O3S/c1-8-10(3)27-16-13(8)15(24)22-14(23-16)9(2)26-17(25)11-4-6-12(7-5-11)18(19,20)21/h4-7,9H,1-3H3,(H,22,23,24)/t9-/m0/s1. The molecule has 0 spiro atoms. The van der Waals surface area contributed by atoms with Crippen LogP contribution in [0.2, 0.25) is 0 Å². The Hall–Kier alpha value is -2.68. The van der Waals surface area contributed by atoms with Crippen LogP contribution in [-0.4, -0.2) is 15.9 Å². The van der Waals surface area contributed by atoms with Crippen LogP contribution >= 0.6 is 11.3 Å². The molecule has 5 nitrogen and oxygen atoms in total. The molecule has 2 heterocycles. The summed E-state index contributed by atoms with van der Waals surface area (Å²) in [5.74, 6) is -0.633. The van der Waals surface area contributed by atoms with Gasteiger partial charge in [-0.2, -0.15) is 13.2 Å². The van der Waals surface area contributed by atoms with Gasteiger partial charge in [0.25, 0.3) is 5.56 Å². The Morgan fingerprint density at radius 2 is 1.85 bits per heavy atom. The summed E-state index contributed by atoms with van der Waals surface area (Å²) >= 11 is 1.37. The van der Waals surface area contributed by atoms with E-state index in [9.17, 15) is 22.8 Å². The first kappa shape index (κ1) is 19.1. The third kappa shape index (κ3) is 3.73. The number of hydrogen-bond acceptors (Lipinski definition) is 5. The van der Waals surface area contributed by atoms with Crippen molar-refractivity contribution in [1.82, 2.24) is 9.97 Å². The van der Waals surface area contributed by atoms with Crippen molar-refractivity contribution in [3.63, 3.8) is 0 Å². The number of esters is 1. The van der Waals surface area contributed by atoms with E-state index in [1.54, 1.807) is 0 Å². The summed E-state index contributed by atoms with van der Waals surface area (Å²) < 4.78 is 43.0. The second kappa shape index (κ2) is 6.80. The number of carbonyl (C=O) groups is 1. The Kier molecular flexibility index (Phi) is 4.81. The number of H-pyrrole nitrogens is 1. The zero-order chi connectivity index (χ0) is 19.9. The van der Waals surface area contributed by atoms with Crippen LogP contribution < -0.4 is 5.56 Å². The number of nitrogens with one attached hydrogen (secondary N) is 1. The van der Waals surface area contributed by atoms with Crippen LogP contribution in [0, 0.1) is 13.8 Å². The van der Waals surface area contributed by atoms with Crippen molar-refractivity contribution in [1.29, 1.82) is 0 Å². The van der Waals surface area contributed by atoms with Crippen LogP contribution in [0.3, 0.4) is 0 Å². The van der Waals surface area contributed by atoms with Crippen molar-refractivity contribution in [2.45, 2.75) is 33.1 Å². The molecule has 1 aromatic carbocycles. The maximum Gasteiger partial charge on any atom is 0.416 e. The quantitative estimate of drug-likeness (QED) is 0.660. The zero-order valence-corrected chi connectivity index (χ0v) is 15.4. The number of aryl methyl sites for hydroxylation is 2. The Labute approximate surface area is 155 Å². The van der Waals surface area contributed by atoms with Crippen LogP contribution in [0.25, 0.3) is 10.2 Å². The molecule has 0 unspecified atom stereocenters. The Bertz CT molecular complexity index is 1070. The number of benzene rings is 1. The maximum absolute atomic E-state index is 12.6. The van der Waals surface area contributed by atoms with Crippen molar-refractivity contribution < 1.29 is 22.7 Å². The Morgan fingerprint density at radius 3 is 2.44 bits per heavy atom. The number of nitrogens with zero attached hydrogens (tertiary/aromatic N) is 1. The SMILES string of the molecule is Cc1sc2nc([C@H](C)OC(=O)c3ccc(C(F)(F)F)cc3)[nH]c(=O)c2c1C. The molecular formula is C18H15F3N2O3S. The van der Waals surface area contributed by atoms with Crippen LogP contribution in [0.4, 0.5) is 13.2 Å². The van der Waals surface area contributed by atoms with Gasteiger partial charge in [0.15, 0.2) is 11.9 Å². The van der Waals surface area contributed by atoms with Crippen molar-refractivity contribution >= 4 is 27.5 Å². The summed E-state index contributed by atoms with van der Waals surface area (Å²) in [5.41, 5.74) is -0.355. The number of alkyl halides is 3. The summed E-state index contributed by atoms with van der Waals surface area (Å²) in [4.78, 5) is 32.9. The summed E-state index contributed by atoms with van der Waals surface area (Å²) in [6.45, 7) is 5.24. The molecule has 2 aromatic heterocycles. The van der Waals surface area contributed by atoms with Gasteiger partial charge >= 0.3 is 12.1 Å². The van der Waals surface area contributed by atoms with Crippen LogP contribution in [-0.2, 0) is 10.9 Å². The van der Waals surface area contributed by atoms with E-state index in [-0.39, 0.29) is 16.9 Å². The number of hydrogen-bond donors (Lipinski definition) is 1. The van der Waals surface area contributed by atoms with Crippen molar-refractivity contribution in [2.24, 2.45) is 0 Å². The molecule has 0 fully saturated rings. The highest BCUT2D eigenvalue weighted by Gasteiger charge is 2.30. The number of fused-ring (bicyclic) bond motifs is 1. The molecule has 0 saturated heterocycles. The van der Waals surface area contributed by atoms with Crippen LogP contribution in [0.15, 0.2) is 29.1 Å². The molecule has 1 atom stereocenters. The van der Waals surface area contributed by atoms with Crippen LogP contribution in [0.1, 0.15) is 45.2 Å². The molecule has 0 radical (unpaired) electrons.